The molecule has 1 aromatic rings. The number of aryl methyl sites for hydroxylation is 1. The number of carbonyl (C=O) groups excluding carboxylic acids is 1. The first-order valence-corrected chi connectivity index (χ1v) is 7.16. The molecule has 2 amide bonds. The lowest BCUT2D eigenvalue weighted by atomic mass is 10.3. The van der Waals surface area contributed by atoms with Crippen LogP contribution in [0.25, 0.3) is 0 Å². The van der Waals surface area contributed by atoms with Crippen LogP contribution in [0.3, 0.4) is 0 Å². The minimum Gasteiger partial charge on any atom is -0.481 e. The molecular formula is C15H23N3O3. The van der Waals surface area contributed by atoms with Crippen molar-refractivity contribution in [2.24, 2.45) is 0 Å². The minimum absolute atomic E-state index is 0.0418. The van der Waals surface area contributed by atoms with Gasteiger partial charge in [-0.3, -0.25) is 9.78 Å². The third-order valence-electron chi connectivity index (χ3n) is 3.20. The first-order valence-electron chi connectivity index (χ1n) is 7.16. The molecule has 6 nitrogen and oxygen atoms in total. The summed E-state index contributed by atoms with van der Waals surface area (Å²) in [5.74, 6) is -0.898. The minimum atomic E-state index is -0.898. The van der Waals surface area contributed by atoms with Gasteiger partial charge in [0.05, 0.1) is 18.7 Å². The molecule has 1 rings (SSSR count). The molecule has 1 N–H and O–H groups in total. The summed E-state index contributed by atoms with van der Waals surface area (Å²) in [6, 6.07) is 5.56. The number of aliphatic carboxylic acids is 1. The number of hydrogen-bond donors (Lipinski definition) is 1. The summed E-state index contributed by atoms with van der Waals surface area (Å²) in [7, 11) is 0. The highest BCUT2D eigenvalue weighted by Crippen LogP contribution is 2.07. The molecule has 0 aliphatic rings. The van der Waals surface area contributed by atoms with Crippen LogP contribution in [0.15, 0.2) is 18.2 Å². The van der Waals surface area contributed by atoms with Gasteiger partial charge in [-0.1, -0.05) is 6.07 Å². The Morgan fingerprint density at radius 3 is 2.38 bits per heavy atom. The van der Waals surface area contributed by atoms with Crippen LogP contribution in [0.4, 0.5) is 4.79 Å². The van der Waals surface area contributed by atoms with E-state index >= 15 is 0 Å². The van der Waals surface area contributed by atoms with Crippen molar-refractivity contribution in [2.45, 2.75) is 33.7 Å². The summed E-state index contributed by atoms with van der Waals surface area (Å²) in [6.45, 7) is 7.36. The number of rotatable bonds is 7. The maximum Gasteiger partial charge on any atom is 0.320 e. The molecule has 0 unspecified atom stereocenters. The Balaban J connectivity index is 2.72. The third kappa shape index (κ3) is 5.41. The lowest BCUT2D eigenvalue weighted by Gasteiger charge is -2.28. The van der Waals surface area contributed by atoms with E-state index in [1.807, 2.05) is 39.0 Å². The lowest BCUT2D eigenvalue weighted by molar-refractivity contribution is -0.137. The highest BCUT2D eigenvalue weighted by Gasteiger charge is 2.19. The zero-order chi connectivity index (χ0) is 15.8. The van der Waals surface area contributed by atoms with Crippen molar-refractivity contribution >= 4 is 12.0 Å². The highest BCUT2D eigenvalue weighted by atomic mass is 16.4. The third-order valence-corrected chi connectivity index (χ3v) is 3.20. The molecule has 0 fully saturated rings. The summed E-state index contributed by atoms with van der Waals surface area (Å²) >= 11 is 0. The molecule has 0 aliphatic heterocycles. The molecule has 1 aromatic heterocycles. The van der Waals surface area contributed by atoms with Gasteiger partial charge in [0.25, 0.3) is 0 Å². The number of carboxylic acid groups (broad SMARTS) is 1. The normalized spacial score (nSPS) is 10.2. The summed E-state index contributed by atoms with van der Waals surface area (Å²) in [6.07, 6.45) is -0.0418. The van der Waals surface area contributed by atoms with Gasteiger partial charge < -0.3 is 14.9 Å². The predicted molar refractivity (Wildman–Crippen MR) is 80.0 cm³/mol. The molecular weight excluding hydrogens is 270 g/mol. The van der Waals surface area contributed by atoms with Crippen LogP contribution in [0.5, 0.6) is 0 Å². The van der Waals surface area contributed by atoms with Crippen molar-refractivity contribution in [1.29, 1.82) is 0 Å². The Labute approximate surface area is 125 Å². The Morgan fingerprint density at radius 1 is 1.19 bits per heavy atom. The molecule has 0 bridgehead atoms. The SMILES string of the molecule is CCN(CCC(=O)O)C(=O)N(CC)Cc1cccc(C)n1. The fourth-order valence-electron chi connectivity index (χ4n) is 2.02. The van der Waals surface area contributed by atoms with Gasteiger partial charge >= 0.3 is 12.0 Å². The van der Waals surface area contributed by atoms with Crippen LogP contribution >= 0.6 is 0 Å². The average Bonchev–Trinajstić information content (AvgIpc) is 2.45. The second-order valence-electron chi connectivity index (χ2n) is 4.79. The second-order valence-corrected chi connectivity index (χ2v) is 4.79. The van der Waals surface area contributed by atoms with Gasteiger partial charge in [0.15, 0.2) is 0 Å². The quantitative estimate of drug-likeness (QED) is 0.835. The van der Waals surface area contributed by atoms with Crippen molar-refractivity contribution in [3.63, 3.8) is 0 Å². The molecule has 0 saturated heterocycles. The van der Waals surface area contributed by atoms with E-state index in [1.54, 1.807) is 9.80 Å². The van der Waals surface area contributed by atoms with Gasteiger partial charge in [0, 0.05) is 25.3 Å². The summed E-state index contributed by atoms with van der Waals surface area (Å²) < 4.78 is 0. The molecule has 1 heterocycles. The molecule has 21 heavy (non-hydrogen) atoms. The topological polar surface area (TPSA) is 73.7 Å². The summed E-state index contributed by atoms with van der Waals surface area (Å²) in [5.41, 5.74) is 1.74. The van der Waals surface area contributed by atoms with E-state index in [9.17, 15) is 9.59 Å². The van der Waals surface area contributed by atoms with E-state index in [2.05, 4.69) is 4.98 Å². The highest BCUT2D eigenvalue weighted by molar-refractivity contribution is 5.75. The van der Waals surface area contributed by atoms with Gasteiger partial charge in [-0.2, -0.15) is 0 Å². The van der Waals surface area contributed by atoms with Crippen LogP contribution in [0, 0.1) is 6.92 Å². The average molecular weight is 293 g/mol. The van der Waals surface area contributed by atoms with Crippen LogP contribution < -0.4 is 0 Å². The summed E-state index contributed by atoms with van der Waals surface area (Å²) in [5, 5.41) is 8.74. The lowest BCUT2D eigenvalue weighted by Crippen LogP contribution is -2.43. The van der Waals surface area contributed by atoms with Gasteiger partial charge in [0.2, 0.25) is 0 Å². The largest absolute Gasteiger partial charge is 0.481 e. The number of carboxylic acids is 1. The standard InChI is InChI=1S/C15H23N3O3/c1-4-17(10-9-14(19)20)15(21)18(5-2)11-13-8-6-7-12(3)16-13/h6-8H,4-5,9-11H2,1-3H3,(H,19,20). The van der Waals surface area contributed by atoms with E-state index in [4.69, 9.17) is 5.11 Å². The Bertz CT molecular complexity index is 491. The van der Waals surface area contributed by atoms with Crippen LogP contribution in [-0.2, 0) is 11.3 Å². The number of hydrogen-bond acceptors (Lipinski definition) is 3. The van der Waals surface area contributed by atoms with Crippen LogP contribution in [0.1, 0.15) is 31.7 Å². The fourth-order valence-corrected chi connectivity index (χ4v) is 2.02. The zero-order valence-corrected chi connectivity index (χ0v) is 12.9. The van der Waals surface area contributed by atoms with Crippen molar-refractivity contribution in [3.8, 4) is 0 Å². The smallest absolute Gasteiger partial charge is 0.320 e. The first kappa shape index (κ1) is 16.9. The number of carbonyl (C=O) groups is 2. The molecule has 6 heteroatoms. The fraction of sp³-hybridized carbons (Fsp3) is 0.533. The molecule has 0 aliphatic carbocycles. The van der Waals surface area contributed by atoms with E-state index in [0.29, 0.717) is 19.6 Å². The molecule has 116 valence electrons. The van der Waals surface area contributed by atoms with E-state index < -0.39 is 5.97 Å². The summed E-state index contributed by atoms with van der Waals surface area (Å²) in [4.78, 5) is 30.7. The number of nitrogens with zero attached hydrogens (tertiary/aromatic N) is 3. The van der Waals surface area contributed by atoms with E-state index in [-0.39, 0.29) is 19.0 Å². The Kier molecular flexibility index (Phi) is 6.65. The molecule has 0 aromatic carbocycles. The van der Waals surface area contributed by atoms with E-state index in [1.165, 1.54) is 0 Å². The number of pyridine rings is 1. The zero-order valence-electron chi connectivity index (χ0n) is 12.9. The van der Waals surface area contributed by atoms with Crippen molar-refractivity contribution in [3.05, 3.63) is 29.6 Å². The molecule has 0 saturated carbocycles. The number of amides is 2. The monoisotopic (exact) mass is 293 g/mol. The second kappa shape index (κ2) is 8.24. The first-order chi connectivity index (χ1) is 9.97. The van der Waals surface area contributed by atoms with Gasteiger partial charge in [-0.25, -0.2) is 4.79 Å². The number of aromatic nitrogens is 1. The predicted octanol–water partition coefficient (Wildman–Crippen LogP) is 2.13. The van der Waals surface area contributed by atoms with Crippen LogP contribution in [-0.4, -0.2) is 51.5 Å². The molecule has 0 atom stereocenters. The van der Waals surface area contributed by atoms with Gasteiger partial charge in [-0.05, 0) is 32.9 Å². The maximum absolute atomic E-state index is 12.4. The van der Waals surface area contributed by atoms with E-state index in [0.717, 1.165) is 11.4 Å². The van der Waals surface area contributed by atoms with Crippen molar-refractivity contribution < 1.29 is 14.7 Å². The Hall–Kier alpha value is -2.11. The van der Waals surface area contributed by atoms with Crippen molar-refractivity contribution in [1.82, 2.24) is 14.8 Å². The maximum atomic E-state index is 12.4. The molecule has 0 radical (unpaired) electrons. The van der Waals surface area contributed by atoms with Crippen LogP contribution in [0.2, 0.25) is 0 Å². The number of urea groups is 1. The Morgan fingerprint density at radius 2 is 1.86 bits per heavy atom. The van der Waals surface area contributed by atoms with Gasteiger partial charge in [0.1, 0.15) is 0 Å². The van der Waals surface area contributed by atoms with Crippen molar-refractivity contribution in [2.75, 3.05) is 19.6 Å². The molecule has 0 spiro atoms. The van der Waals surface area contributed by atoms with Gasteiger partial charge in [-0.15, -0.1) is 0 Å².